The zero-order chi connectivity index (χ0) is 14.8. The maximum absolute atomic E-state index is 6.16. The van der Waals surface area contributed by atoms with E-state index in [4.69, 9.17) is 27.9 Å². The molecule has 0 spiro atoms. The first-order chi connectivity index (χ1) is 10.2. The Bertz CT molecular complexity index is 802. The van der Waals surface area contributed by atoms with Crippen LogP contribution in [0.5, 0.6) is 11.5 Å². The number of ether oxygens (including phenoxy) is 1. The topological polar surface area (TPSA) is 22.1 Å². The Balaban J connectivity index is 2.01. The van der Waals surface area contributed by atoms with Crippen molar-refractivity contribution in [1.29, 1.82) is 0 Å². The van der Waals surface area contributed by atoms with Crippen LogP contribution < -0.4 is 4.74 Å². The van der Waals surface area contributed by atoms with Gasteiger partial charge in [-0.1, -0.05) is 35.9 Å². The minimum atomic E-state index is 0.383. The van der Waals surface area contributed by atoms with Gasteiger partial charge < -0.3 is 4.74 Å². The van der Waals surface area contributed by atoms with Crippen LogP contribution in [0.1, 0.15) is 11.3 Å². The molecule has 21 heavy (non-hydrogen) atoms. The van der Waals surface area contributed by atoms with Crippen LogP contribution in [-0.4, -0.2) is 4.98 Å². The van der Waals surface area contributed by atoms with E-state index in [1.54, 1.807) is 6.07 Å². The SMILES string of the molecule is Cc1ccc2cccc(Oc3ccc(CCl)c(Cl)c3)c2n1. The summed E-state index contributed by atoms with van der Waals surface area (Å²) in [5, 5.41) is 1.65. The lowest BCUT2D eigenvalue weighted by Gasteiger charge is -2.10. The Labute approximate surface area is 133 Å². The van der Waals surface area contributed by atoms with Crippen molar-refractivity contribution in [3.05, 3.63) is 64.8 Å². The summed E-state index contributed by atoms with van der Waals surface area (Å²) in [6.45, 7) is 1.96. The fourth-order valence-corrected chi connectivity index (χ4v) is 2.67. The predicted octanol–water partition coefficient (Wildman–Crippen LogP) is 5.73. The van der Waals surface area contributed by atoms with E-state index < -0.39 is 0 Å². The van der Waals surface area contributed by atoms with Crippen LogP contribution in [0.2, 0.25) is 5.02 Å². The molecule has 0 saturated heterocycles. The number of hydrogen-bond donors (Lipinski definition) is 0. The molecule has 0 bridgehead atoms. The van der Waals surface area contributed by atoms with E-state index in [0.717, 1.165) is 22.2 Å². The number of pyridine rings is 1. The summed E-state index contributed by atoms with van der Waals surface area (Å²) < 4.78 is 5.94. The smallest absolute Gasteiger partial charge is 0.153 e. The van der Waals surface area contributed by atoms with Crippen molar-refractivity contribution >= 4 is 34.1 Å². The molecule has 1 heterocycles. The number of nitrogens with zero attached hydrogens (tertiary/aromatic N) is 1. The molecular weight excluding hydrogens is 305 g/mol. The molecule has 1 aromatic heterocycles. The van der Waals surface area contributed by atoms with Crippen LogP contribution in [0.25, 0.3) is 10.9 Å². The summed E-state index contributed by atoms with van der Waals surface area (Å²) in [5.41, 5.74) is 2.68. The molecule has 0 aliphatic carbocycles. The van der Waals surface area contributed by atoms with E-state index in [1.165, 1.54) is 0 Å². The van der Waals surface area contributed by atoms with Crippen LogP contribution in [0.3, 0.4) is 0 Å². The summed E-state index contributed by atoms with van der Waals surface area (Å²) in [6.07, 6.45) is 0. The minimum absolute atomic E-state index is 0.383. The van der Waals surface area contributed by atoms with E-state index in [0.29, 0.717) is 22.4 Å². The van der Waals surface area contributed by atoms with Crippen molar-refractivity contribution in [2.75, 3.05) is 0 Å². The van der Waals surface area contributed by atoms with Gasteiger partial charge >= 0.3 is 0 Å². The van der Waals surface area contributed by atoms with Crippen molar-refractivity contribution in [1.82, 2.24) is 4.98 Å². The number of rotatable bonds is 3. The zero-order valence-electron chi connectivity index (χ0n) is 11.4. The maximum atomic E-state index is 6.16. The molecule has 0 N–H and O–H groups in total. The van der Waals surface area contributed by atoms with Gasteiger partial charge in [0, 0.05) is 22.0 Å². The third kappa shape index (κ3) is 2.97. The predicted molar refractivity (Wildman–Crippen MR) is 87.6 cm³/mol. The van der Waals surface area contributed by atoms with Crippen molar-refractivity contribution in [3.63, 3.8) is 0 Å². The number of halogens is 2. The quantitative estimate of drug-likeness (QED) is 0.576. The molecule has 0 saturated carbocycles. The lowest BCUT2D eigenvalue weighted by atomic mass is 10.2. The maximum Gasteiger partial charge on any atom is 0.153 e. The van der Waals surface area contributed by atoms with Gasteiger partial charge in [-0.3, -0.25) is 0 Å². The second-order valence-electron chi connectivity index (χ2n) is 4.77. The number of alkyl halides is 1. The number of para-hydroxylation sites is 1. The molecule has 0 fully saturated rings. The highest BCUT2D eigenvalue weighted by molar-refractivity contribution is 6.32. The fraction of sp³-hybridized carbons (Fsp3) is 0.118. The van der Waals surface area contributed by atoms with Gasteiger partial charge in [0.2, 0.25) is 0 Å². The third-order valence-electron chi connectivity index (χ3n) is 3.22. The van der Waals surface area contributed by atoms with E-state index in [2.05, 4.69) is 4.98 Å². The number of aromatic nitrogens is 1. The van der Waals surface area contributed by atoms with Crippen molar-refractivity contribution < 1.29 is 4.74 Å². The standard InChI is InChI=1S/C17H13Cl2NO/c1-11-5-6-12-3-2-4-16(17(12)20-11)21-14-8-7-13(10-18)15(19)9-14/h2-9H,10H2,1H3. The fourth-order valence-electron chi connectivity index (χ4n) is 2.13. The molecule has 0 aliphatic rings. The number of benzene rings is 2. The van der Waals surface area contributed by atoms with E-state index in [-0.39, 0.29) is 0 Å². The summed E-state index contributed by atoms with van der Waals surface area (Å²) in [4.78, 5) is 4.55. The van der Waals surface area contributed by atoms with Crippen LogP contribution >= 0.6 is 23.2 Å². The van der Waals surface area contributed by atoms with Gasteiger partial charge in [-0.05, 0) is 36.8 Å². The van der Waals surface area contributed by atoms with Gasteiger partial charge in [-0.25, -0.2) is 4.98 Å². The minimum Gasteiger partial charge on any atom is -0.455 e. The molecule has 3 aromatic rings. The summed E-state index contributed by atoms with van der Waals surface area (Å²) >= 11 is 12.0. The van der Waals surface area contributed by atoms with Crippen molar-refractivity contribution in [2.24, 2.45) is 0 Å². The molecule has 2 aromatic carbocycles. The van der Waals surface area contributed by atoms with Gasteiger partial charge in [0.05, 0.1) is 0 Å². The molecule has 2 nitrogen and oxygen atoms in total. The van der Waals surface area contributed by atoms with Gasteiger partial charge in [0.1, 0.15) is 11.3 Å². The highest BCUT2D eigenvalue weighted by Crippen LogP contribution is 2.31. The normalized spacial score (nSPS) is 10.8. The first-order valence-corrected chi connectivity index (χ1v) is 7.47. The lowest BCUT2D eigenvalue weighted by Crippen LogP contribution is -1.90. The Morgan fingerprint density at radius 2 is 1.95 bits per heavy atom. The van der Waals surface area contributed by atoms with Crippen molar-refractivity contribution in [2.45, 2.75) is 12.8 Å². The first kappa shape index (κ1) is 14.2. The number of fused-ring (bicyclic) bond motifs is 1. The molecular formula is C17H13Cl2NO. The Morgan fingerprint density at radius 3 is 2.71 bits per heavy atom. The number of hydrogen-bond acceptors (Lipinski definition) is 2. The van der Waals surface area contributed by atoms with Gasteiger partial charge in [-0.2, -0.15) is 0 Å². The molecule has 0 aliphatic heterocycles. The average Bonchev–Trinajstić information content (AvgIpc) is 2.48. The first-order valence-electron chi connectivity index (χ1n) is 6.56. The zero-order valence-corrected chi connectivity index (χ0v) is 12.9. The molecule has 3 rings (SSSR count). The van der Waals surface area contributed by atoms with Gasteiger partial charge in [0.15, 0.2) is 5.75 Å². The second kappa shape index (κ2) is 5.92. The second-order valence-corrected chi connectivity index (χ2v) is 5.44. The van der Waals surface area contributed by atoms with Crippen LogP contribution in [0.15, 0.2) is 48.5 Å². The summed E-state index contributed by atoms with van der Waals surface area (Å²) in [7, 11) is 0. The van der Waals surface area contributed by atoms with Crippen LogP contribution in [0.4, 0.5) is 0 Å². The van der Waals surface area contributed by atoms with E-state index in [9.17, 15) is 0 Å². The van der Waals surface area contributed by atoms with Gasteiger partial charge in [-0.15, -0.1) is 11.6 Å². The Kier molecular flexibility index (Phi) is 4.00. The van der Waals surface area contributed by atoms with Crippen LogP contribution in [0, 0.1) is 6.92 Å². The monoisotopic (exact) mass is 317 g/mol. The summed E-state index contributed by atoms with van der Waals surface area (Å²) in [5.74, 6) is 1.77. The third-order valence-corrected chi connectivity index (χ3v) is 3.86. The highest BCUT2D eigenvalue weighted by atomic mass is 35.5. The Hall–Kier alpha value is -1.77. The molecule has 106 valence electrons. The molecule has 0 radical (unpaired) electrons. The van der Waals surface area contributed by atoms with E-state index >= 15 is 0 Å². The van der Waals surface area contributed by atoms with E-state index in [1.807, 2.05) is 49.4 Å². The molecule has 0 unspecified atom stereocenters. The Morgan fingerprint density at radius 1 is 1.10 bits per heavy atom. The molecule has 0 atom stereocenters. The largest absolute Gasteiger partial charge is 0.455 e. The molecule has 4 heteroatoms. The average molecular weight is 318 g/mol. The van der Waals surface area contributed by atoms with Gasteiger partial charge in [0.25, 0.3) is 0 Å². The van der Waals surface area contributed by atoms with Crippen molar-refractivity contribution in [3.8, 4) is 11.5 Å². The van der Waals surface area contributed by atoms with Crippen LogP contribution in [-0.2, 0) is 5.88 Å². The molecule has 0 amide bonds. The highest BCUT2D eigenvalue weighted by Gasteiger charge is 2.07. The summed E-state index contributed by atoms with van der Waals surface area (Å²) in [6, 6.07) is 15.4. The number of aryl methyl sites for hydroxylation is 1. The lowest BCUT2D eigenvalue weighted by molar-refractivity contribution is 0.487.